The molecule has 8 aromatic rings. The fourth-order valence-corrected chi connectivity index (χ4v) is 6.32. The highest BCUT2D eigenvalue weighted by molar-refractivity contribution is 6.34. The Hall–Kier alpha value is -4.69. The van der Waals surface area contributed by atoms with Gasteiger partial charge in [0, 0.05) is 12.1 Å². The van der Waals surface area contributed by atoms with Gasteiger partial charge in [-0.1, -0.05) is 103 Å². The number of hydrogen-bond donors (Lipinski definition) is 0. The van der Waals surface area contributed by atoms with Crippen LogP contribution in [0, 0.1) is 0 Å². The molecular weight excluding hydrogens is 448 g/mol. The van der Waals surface area contributed by atoms with Crippen LogP contribution >= 0.6 is 0 Å². The second kappa shape index (κ2) is 7.65. The predicted molar refractivity (Wildman–Crippen MR) is 157 cm³/mol. The number of nitrogens with zero attached hydrogens (tertiary/aromatic N) is 2. The van der Waals surface area contributed by atoms with Gasteiger partial charge in [-0.3, -0.25) is 0 Å². The number of fused-ring (bicyclic) bond motifs is 3. The Morgan fingerprint density at radius 3 is 2.00 bits per heavy atom. The van der Waals surface area contributed by atoms with Gasteiger partial charge in [0.1, 0.15) is 5.82 Å². The fourth-order valence-electron chi connectivity index (χ4n) is 6.32. The summed E-state index contributed by atoms with van der Waals surface area (Å²) in [5.74, 6) is 1.02. The minimum atomic E-state index is 0.881. The molecule has 0 saturated carbocycles. The lowest BCUT2D eigenvalue weighted by Gasteiger charge is -2.16. The van der Waals surface area contributed by atoms with Crippen LogP contribution in [0.5, 0.6) is 0 Å². The standard InChI is InChI=1S/C35H24N2/c1-2-37-32-20-17-24(21-31(32)36-35(37)23-9-4-3-5-10-23)25-18-19-30-28-14-7-12-22-11-6-13-27(33(22)28)29-16-8-15-26(25)34(29)30/h3-21H,2H2,1H3. The first-order valence-corrected chi connectivity index (χ1v) is 13.0. The summed E-state index contributed by atoms with van der Waals surface area (Å²) in [6.45, 7) is 3.07. The Morgan fingerprint density at radius 2 is 1.24 bits per heavy atom. The van der Waals surface area contributed by atoms with Crippen molar-refractivity contribution < 1.29 is 0 Å². The highest BCUT2D eigenvalue weighted by Crippen LogP contribution is 2.43. The molecule has 0 aliphatic rings. The van der Waals surface area contributed by atoms with Crippen molar-refractivity contribution in [2.24, 2.45) is 0 Å². The van der Waals surface area contributed by atoms with Crippen LogP contribution in [0.1, 0.15) is 6.92 Å². The number of aromatic nitrogens is 2. The number of rotatable bonds is 3. The molecule has 0 aliphatic heterocycles. The second-order valence-corrected chi connectivity index (χ2v) is 9.85. The zero-order chi connectivity index (χ0) is 24.5. The summed E-state index contributed by atoms with van der Waals surface area (Å²) in [7, 11) is 0. The van der Waals surface area contributed by atoms with E-state index in [0.717, 1.165) is 23.4 Å². The van der Waals surface area contributed by atoms with Crippen molar-refractivity contribution in [1.82, 2.24) is 9.55 Å². The molecule has 0 N–H and O–H groups in total. The first-order chi connectivity index (χ1) is 18.3. The minimum Gasteiger partial charge on any atom is -0.324 e. The van der Waals surface area contributed by atoms with E-state index in [1.54, 1.807) is 0 Å². The van der Waals surface area contributed by atoms with Crippen LogP contribution in [-0.4, -0.2) is 9.55 Å². The van der Waals surface area contributed by atoms with Crippen LogP contribution in [0.25, 0.3) is 76.6 Å². The average Bonchev–Trinajstić information content (AvgIpc) is 3.34. The molecule has 2 heteroatoms. The van der Waals surface area contributed by atoms with Gasteiger partial charge in [0.2, 0.25) is 0 Å². The van der Waals surface area contributed by atoms with Crippen LogP contribution in [0.3, 0.4) is 0 Å². The Bertz CT molecular complexity index is 2070. The van der Waals surface area contributed by atoms with E-state index in [-0.39, 0.29) is 0 Å². The molecule has 1 heterocycles. The molecule has 0 unspecified atom stereocenters. The summed E-state index contributed by atoms with van der Waals surface area (Å²) >= 11 is 0. The van der Waals surface area contributed by atoms with Gasteiger partial charge in [-0.15, -0.1) is 0 Å². The van der Waals surface area contributed by atoms with Gasteiger partial charge in [0.15, 0.2) is 0 Å². The zero-order valence-corrected chi connectivity index (χ0v) is 20.6. The Morgan fingerprint density at radius 1 is 0.568 bits per heavy atom. The number of aryl methyl sites for hydroxylation is 1. The zero-order valence-electron chi connectivity index (χ0n) is 20.6. The highest BCUT2D eigenvalue weighted by atomic mass is 15.1. The summed E-state index contributed by atoms with van der Waals surface area (Å²) in [5, 5.41) is 10.6. The van der Waals surface area contributed by atoms with E-state index in [0.29, 0.717) is 0 Å². The molecule has 0 fully saturated rings. The van der Waals surface area contributed by atoms with Gasteiger partial charge in [-0.05, 0) is 73.3 Å². The lowest BCUT2D eigenvalue weighted by Crippen LogP contribution is -1.97. The summed E-state index contributed by atoms with van der Waals surface area (Å²) in [5.41, 5.74) is 5.81. The van der Waals surface area contributed by atoms with Gasteiger partial charge >= 0.3 is 0 Å². The number of hydrogen-bond acceptors (Lipinski definition) is 1. The topological polar surface area (TPSA) is 17.8 Å². The molecule has 1 aromatic heterocycles. The minimum absolute atomic E-state index is 0.881. The van der Waals surface area contributed by atoms with Gasteiger partial charge in [0.05, 0.1) is 11.0 Å². The van der Waals surface area contributed by atoms with Crippen molar-refractivity contribution in [3.8, 4) is 22.5 Å². The molecule has 8 rings (SSSR count). The monoisotopic (exact) mass is 472 g/mol. The van der Waals surface area contributed by atoms with E-state index in [9.17, 15) is 0 Å². The van der Waals surface area contributed by atoms with E-state index in [1.165, 1.54) is 59.7 Å². The molecule has 0 saturated heterocycles. The molecule has 0 bridgehead atoms. The SMILES string of the molecule is CCn1c(-c2ccccc2)nc2cc(-c3ccc4c5cccc6cccc(c7cccc3c74)c65)ccc21. The summed E-state index contributed by atoms with van der Waals surface area (Å²) in [4.78, 5) is 5.10. The lowest BCUT2D eigenvalue weighted by atomic mass is 9.87. The van der Waals surface area contributed by atoms with E-state index in [1.807, 2.05) is 0 Å². The second-order valence-electron chi connectivity index (χ2n) is 9.85. The number of imidazole rings is 1. The Balaban J connectivity index is 1.41. The molecule has 0 aliphatic carbocycles. The van der Waals surface area contributed by atoms with Crippen molar-refractivity contribution in [2.75, 3.05) is 0 Å². The van der Waals surface area contributed by atoms with Crippen LogP contribution in [0.4, 0.5) is 0 Å². The molecule has 174 valence electrons. The molecule has 0 radical (unpaired) electrons. The normalized spacial score (nSPS) is 12.0. The summed E-state index contributed by atoms with van der Waals surface area (Å²) in [6, 6.07) is 41.9. The Kier molecular flexibility index (Phi) is 4.24. The molecule has 37 heavy (non-hydrogen) atoms. The highest BCUT2D eigenvalue weighted by Gasteiger charge is 2.17. The summed E-state index contributed by atoms with van der Waals surface area (Å²) in [6.07, 6.45) is 0. The van der Waals surface area contributed by atoms with Crippen LogP contribution < -0.4 is 0 Å². The van der Waals surface area contributed by atoms with Crippen molar-refractivity contribution >= 4 is 54.1 Å². The van der Waals surface area contributed by atoms with E-state index < -0.39 is 0 Å². The maximum absolute atomic E-state index is 5.10. The van der Waals surface area contributed by atoms with Crippen LogP contribution in [0.15, 0.2) is 115 Å². The molecule has 7 aromatic carbocycles. The molecule has 0 spiro atoms. The maximum Gasteiger partial charge on any atom is 0.141 e. The fraction of sp³-hybridized carbons (Fsp3) is 0.0571. The third kappa shape index (κ3) is 2.84. The van der Waals surface area contributed by atoms with Crippen LogP contribution in [0.2, 0.25) is 0 Å². The van der Waals surface area contributed by atoms with Crippen molar-refractivity contribution in [1.29, 1.82) is 0 Å². The van der Waals surface area contributed by atoms with Crippen molar-refractivity contribution in [3.63, 3.8) is 0 Å². The Labute approximate surface area is 214 Å². The van der Waals surface area contributed by atoms with E-state index in [4.69, 9.17) is 4.98 Å². The van der Waals surface area contributed by atoms with E-state index >= 15 is 0 Å². The quantitative estimate of drug-likeness (QED) is 0.185. The van der Waals surface area contributed by atoms with E-state index in [2.05, 4.69) is 127 Å². The smallest absolute Gasteiger partial charge is 0.141 e. The third-order valence-electron chi connectivity index (χ3n) is 7.93. The van der Waals surface area contributed by atoms with Crippen LogP contribution in [-0.2, 0) is 6.54 Å². The average molecular weight is 473 g/mol. The first-order valence-electron chi connectivity index (χ1n) is 13.0. The third-order valence-corrected chi connectivity index (χ3v) is 7.93. The van der Waals surface area contributed by atoms with Gasteiger partial charge in [-0.25, -0.2) is 4.98 Å². The van der Waals surface area contributed by atoms with Crippen molar-refractivity contribution in [3.05, 3.63) is 115 Å². The van der Waals surface area contributed by atoms with Crippen molar-refractivity contribution in [2.45, 2.75) is 13.5 Å². The summed E-state index contributed by atoms with van der Waals surface area (Å²) < 4.78 is 2.31. The van der Waals surface area contributed by atoms with Gasteiger partial charge in [0.25, 0.3) is 0 Å². The van der Waals surface area contributed by atoms with Gasteiger partial charge in [-0.2, -0.15) is 0 Å². The molecule has 2 nitrogen and oxygen atoms in total. The predicted octanol–water partition coefficient (Wildman–Crippen LogP) is 9.44. The lowest BCUT2D eigenvalue weighted by molar-refractivity contribution is 0.796. The largest absolute Gasteiger partial charge is 0.324 e. The molecular formula is C35H24N2. The maximum atomic E-state index is 5.10. The van der Waals surface area contributed by atoms with Gasteiger partial charge < -0.3 is 4.57 Å². The first kappa shape index (κ1) is 20.5. The number of benzene rings is 7. The molecule has 0 amide bonds. The molecule has 0 atom stereocenters.